The van der Waals surface area contributed by atoms with Crippen LogP contribution in [-0.2, 0) is 14.4 Å². The Hall–Kier alpha value is -2.64. The summed E-state index contributed by atoms with van der Waals surface area (Å²) in [5.74, 6) is 0. The first-order valence-corrected chi connectivity index (χ1v) is 3.36. The van der Waals surface area contributed by atoms with Crippen molar-refractivity contribution in [3.05, 3.63) is 36.4 Å². The first-order valence-electron chi connectivity index (χ1n) is 3.36. The van der Waals surface area contributed by atoms with Gasteiger partial charge in [0, 0.05) is 0 Å². The maximum absolute atomic E-state index is 8.35. The number of rotatable bonds is 0. The number of benzene rings is 1. The minimum Gasteiger partial charge on any atom is -0.222 e. The Morgan fingerprint density at radius 1 is 0.500 bits per heavy atom. The van der Waals surface area contributed by atoms with Crippen molar-refractivity contribution in [3.63, 3.8) is 0 Å². The second-order valence-electron chi connectivity index (χ2n) is 1.46. The van der Waals surface area contributed by atoms with Crippen LogP contribution < -0.4 is 0 Å². The van der Waals surface area contributed by atoms with Crippen molar-refractivity contribution in [1.29, 1.82) is 16.2 Å². The fourth-order valence-corrected chi connectivity index (χ4v) is 0.385. The van der Waals surface area contributed by atoms with E-state index in [-0.39, 0.29) is 22.3 Å². The highest BCUT2D eigenvalue weighted by Gasteiger charge is 1.57. The van der Waals surface area contributed by atoms with Crippen LogP contribution in [0.1, 0.15) is 22.3 Å². The van der Waals surface area contributed by atoms with E-state index in [2.05, 4.69) is 0 Å². The summed E-state index contributed by atoms with van der Waals surface area (Å²) >= 11 is 0. The van der Waals surface area contributed by atoms with Crippen molar-refractivity contribution in [2.45, 2.75) is 22.3 Å². The molecule has 3 N–H and O–H groups in total. The van der Waals surface area contributed by atoms with Crippen molar-refractivity contribution >= 4 is 18.2 Å². The Kier molecular flexibility index (Phi) is 127. The SMILES string of the molecule is C.C.C.N=C=O.N=C=O.N=C=O.c1ccccc1. The molecule has 0 aliphatic heterocycles. The van der Waals surface area contributed by atoms with Gasteiger partial charge in [-0.3, -0.25) is 0 Å². The van der Waals surface area contributed by atoms with Crippen LogP contribution in [-0.4, -0.2) is 18.2 Å². The van der Waals surface area contributed by atoms with Crippen molar-refractivity contribution in [2.24, 2.45) is 0 Å². The van der Waals surface area contributed by atoms with Gasteiger partial charge < -0.3 is 0 Å². The van der Waals surface area contributed by atoms with Crippen LogP contribution in [0.4, 0.5) is 0 Å². The molecule has 1 rings (SSSR count). The van der Waals surface area contributed by atoms with Crippen LogP contribution in [0.25, 0.3) is 0 Å². The van der Waals surface area contributed by atoms with E-state index >= 15 is 0 Å². The molecule has 6 nitrogen and oxygen atoms in total. The summed E-state index contributed by atoms with van der Waals surface area (Å²) in [5, 5.41) is 16.2. The number of hydrogen-bond acceptors (Lipinski definition) is 6. The fraction of sp³-hybridized carbons (Fsp3) is 0.250. The van der Waals surface area contributed by atoms with E-state index in [0.717, 1.165) is 18.2 Å². The molecule has 0 aliphatic rings. The van der Waals surface area contributed by atoms with Crippen LogP contribution in [0.5, 0.6) is 0 Å². The highest BCUT2D eigenvalue weighted by molar-refractivity contribution is 5.26. The molecule has 0 spiro atoms. The smallest absolute Gasteiger partial charge is 0.222 e. The molecule has 0 fully saturated rings. The predicted molar refractivity (Wildman–Crippen MR) is 71.9 cm³/mol. The van der Waals surface area contributed by atoms with Gasteiger partial charge in [-0.15, -0.1) is 0 Å². The van der Waals surface area contributed by atoms with Crippen LogP contribution in [0.15, 0.2) is 36.4 Å². The van der Waals surface area contributed by atoms with Gasteiger partial charge in [-0.05, 0) is 0 Å². The van der Waals surface area contributed by atoms with Crippen molar-refractivity contribution in [2.75, 3.05) is 0 Å². The summed E-state index contributed by atoms with van der Waals surface area (Å²) < 4.78 is 0. The lowest BCUT2D eigenvalue weighted by molar-refractivity contribution is 0.562. The maximum Gasteiger partial charge on any atom is 0.231 e. The fourth-order valence-electron chi connectivity index (χ4n) is 0.385. The van der Waals surface area contributed by atoms with Crippen molar-refractivity contribution < 1.29 is 14.4 Å². The van der Waals surface area contributed by atoms with Crippen LogP contribution in [0.3, 0.4) is 0 Å². The van der Waals surface area contributed by atoms with E-state index in [4.69, 9.17) is 30.6 Å². The average molecular weight is 255 g/mol. The molecule has 0 aliphatic carbocycles. The zero-order valence-corrected chi connectivity index (χ0v) is 7.69. The van der Waals surface area contributed by atoms with E-state index in [0.29, 0.717) is 0 Å². The van der Waals surface area contributed by atoms with E-state index in [1.807, 2.05) is 36.4 Å². The number of hydrogen-bond donors (Lipinski definition) is 3. The monoisotopic (exact) mass is 255 g/mol. The zero-order chi connectivity index (χ0) is 12.4. The molecule has 1 aromatic rings. The second-order valence-corrected chi connectivity index (χ2v) is 1.46. The number of carbonyl (C=O) groups excluding carboxylic acids is 3. The summed E-state index contributed by atoms with van der Waals surface area (Å²) in [6, 6.07) is 12.0. The van der Waals surface area contributed by atoms with Gasteiger partial charge in [0.1, 0.15) is 0 Å². The number of isocyanates is 3. The van der Waals surface area contributed by atoms with E-state index in [1.54, 1.807) is 0 Å². The lowest BCUT2D eigenvalue weighted by atomic mass is 10.4. The van der Waals surface area contributed by atoms with Crippen molar-refractivity contribution in [1.82, 2.24) is 0 Å². The summed E-state index contributed by atoms with van der Waals surface area (Å²) in [7, 11) is 0. The molecule has 102 valence electrons. The third-order valence-electron chi connectivity index (χ3n) is 0.667. The molecular weight excluding hydrogens is 234 g/mol. The Morgan fingerprint density at radius 2 is 0.556 bits per heavy atom. The molecule has 0 saturated heterocycles. The van der Waals surface area contributed by atoms with E-state index < -0.39 is 0 Å². The quantitative estimate of drug-likeness (QED) is 0.486. The van der Waals surface area contributed by atoms with E-state index in [1.165, 1.54) is 0 Å². The largest absolute Gasteiger partial charge is 0.231 e. The molecule has 0 heterocycles. The Balaban J connectivity index is -0.0000000270. The summed E-state index contributed by atoms with van der Waals surface area (Å²) in [4.78, 5) is 25.0. The molecule has 1 aromatic carbocycles. The molecule has 0 atom stereocenters. The molecular formula is C12H21N3O3. The lowest BCUT2D eigenvalue weighted by Gasteiger charge is -1.69. The normalized spacial score (nSPS) is 4.00. The van der Waals surface area contributed by atoms with Crippen LogP contribution >= 0.6 is 0 Å². The van der Waals surface area contributed by atoms with Gasteiger partial charge in [0.05, 0.1) is 0 Å². The van der Waals surface area contributed by atoms with Crippen LogP contribution in [0.2, 0.25) is 0 Å². The van der Waals surface area contributed by atoms with Crippen LogP contribution in [0, 0.1) is 16.2 Å². The Labute approximate surface area is 108 Å². The van der Waals surface area contributed by atoms with Gasteiger partial charge >= 0.3 is 0 Å². The molecule has 0 aromatic heterocycles. The molecule has 6 heteroatoms. The number of nitrogens with one attached hydrogen (secondary N) is 3. The summed E-state index contributed by atoms with van der Waals surface area (Å²) in [6.07, 6.45) is 2.25. The molecule has 0 radical (unpaired) electrons. The summed E-state index contributed by atoms with van der Waals surface area (Å²) in [5.41, 5.74) is 0. The molecule has 0 saturated carbocycles. The Bertz CT molecular complexity index is 253. The molecule has 18 heavy (non-hydrogen) atoms. The minimum absolute atomic E-state index is 0. The maximum atomic E-state index is 8.35. The lowest BCUT2D eigenvalue weighted by Crippen LogP contribution is -1.47. The van der Waals surface area contributed by atoms with Gasteiger partial charge in [0.15, 0.2) is 0 Å². The first-order chi connectivity index (χ1) is 7.24. The zero-order valence-electron chi connectivity index (χ0n) is 7.69. The second kappa shape index (κ2) is 63.4. The van der Waals surface area contributed by atoms with Crippen molar-refractivity contribution in [3.8, 4) is 0 Å². The first kappa shape index (κ1) is 36.2. The van der Waals surface area contributed by atoms with Gasteiger partial charge in [-0.25, -0.2) is 30.6 Å². The highest BCUT2D eigenvalue weighted by atomic mass is 16.1. The average Bonchev–Trinajstić information content (AvgIpc) is 2.24. The topological polar surface area (TPSA) is 123 Å². The highest BCUT2D eigenvalue weighted by Crippen LogP contribution is 1.79. The van der Waals surface area contributed by atoms with Gasteiger partial charge in [0.2, 0.25) is 18.2 Å². The summed E-state index contributed by atoms with van der Waals surface area (Å²) in [6.45, 7) is 0. The van der Waals surface area contributed by atoms with Gasteiger partial charge in [-0.2, -0.15) is 0 Å². The Morgan fingerprint density at radius 3 is 0.611 bits per heavy atom. The molecule has 0 bridgehead atoms. The molecule has 0 unspecified atom stereocenters. The third kappa shape index (κ3) is 181. The standard InChI is InChI=1S/C6H6.3CHNO.3CH4/c1-2-4-6-5-3-1;3*2-1-3;;;/h1-6H;3*2H;3*1H4. The minimum atomic E-state index is 0. The van der Waals surface area contributed by atoms with Gasteiger partial charge in [-0.1, -0.05) is 58.7 Å². The third-order valence-corrected chi connectivity index (χ3v) is 0.667. The molecule has 0 amide bonds. The van der Waals surface area contributed by atoms with Gasteiger partial charge in [0.25, 0.3) is 0 Å². The predicted octanol–water partition coefficient (Wildman–Crippen LogP) is 3.30. The van der Waals surface area contributed by atoms with E-state index in [9.17, 15) is 0 Å².